The van der Waals surface area contributed by atoms with Crippen LogP contribution in [0.5, 0.6) is 0 Å². The summed E-state index contributed by atoms with van der Waals surface area (Å²) in [4.78, 5) is 0. The molecule has 2 N–H and O–H groups in total. The molecule has 0 heterocycles. The molecule has 0 aliphatic heterocycles. The molecule has 0 aromatic heterocycles. The van der Waals surface area contributed by atoms with Gasteiger partial charge in [0.15, 0.2) is 0 Å². The lowest BCUT2D eigenvalue weighted by molar-refractivity contribution is 0.273. The van der Waals surface area contributed by atoms with Crippen molar-refractivity contribution in [3.8, 4) is 6.07 Å². The molecule has 0 bridgehead atoms. The molecule has 0 aliphatic carbocycles. The molecular weight excluding hydrogens is 236 g/mol. The Labute approximate surface area is 113 Å². The molecule has 0 aliphatic rings. The van der Waals surface area contributed by atoms with Gasteiger partial charge >= 0.3 is 0 Å². The molecule has 19 heavy (non-hydrogen) atoms. The van der Waals surface area contributed by atoms with Crippen molar-refractivity contribution in [2.75, 3.05) is 11.9 Å². The second-order valence-electron chi connectivity index (χ2n) is 4.40. The standard InChI is InChI=1S/C16H16N2O/c17-11-14-6-8-15(9-7-14)18-16(12-19)10-13-4-2-1-3-5-13/h1-9,16,18-19H,10,12H2/t16-/m0/s1. The Morgan fingerprint density at radius 3 is 2.32 bits per heavy atom. The molecule has 0 saturated carbocycles. The Bertz CT molecular complexity index is 543. The van der Waals surface area contributed by atoms with Gasteiger partial charge in [-0.15, -0.1) is 0 Å². The molecule has 1 atom stereocenters. The van der Waals surface area contributed by atoms with Crippen LogP contribution in [-0.2, 0) is 6.42 Å². The maximum atomic E-state index is 9.43. The number of nitriles is 1. The van der Waals surface area contributed by atoms with Gasteiger partial charge in [0.1, 0.15) is 0 Å². The smallest absolute Gasteiger partial charge is 0.0991 e. The number of nitrogens with one attached hydrogen (secondary N) is 1. The van der Waals surface area contributed by atoms with E-state index in [9.17, 15) is 5.11 Å². The zero-order chi connectivity index (χ0) is 13.5. The van der Waals surface area contributed by atoms with Crippen molar-refractivity contribution in [2.24, 2.45) is 0 Å². The van der Waals surface area contributed by atoms with Gasteiger partial charge in [-0.1, -0.05) is 30.3 Å². The summed E-state index contributed by atoms with van der Waals surface area (Å²) in [6.45, 7) is 0.0644. The van der Waals surface area contributed by atoms with E-state index >= 15 is 0 Å². The third-order valence-corrected chi connectivity index (χ3v) is 2.93. The zero-order valence-corrected chi connectivity index (χ0v) is 10.6. The summed E-state index contributed by atoms with van der Waals surface area (Å²) in [7, 11) is 0. The summed E-state index contributed by atoms with van der Waals surface area (Å²) in [5.74, 6) is 0. The molecule has 0 saturated heterocycles. The van der Waals surface area contributed by atoms with Crippen LogP contribution in [0.1, 0.15) is 11.1 Å². The van der Waals surface area contributed by atoms with E-state index in [4.69, 9.17) is 5.26 Å². The maximum Gasteiger partial charge on any atom is 0.0991 e. The van der Waals surface area contributed by atoms with E-state index in [1.54, 1.807) is 12.1 Å². The van der Waals surface area contributed by atoms with Gasteiger partial charge in [0.2, 0.25) is 0 Å². The average molecular weight is 252 g/mol. The first kappa shape index (κ1) is 13.1. The van der Waals surface area contributed by atoms with Crippen molar-refractivity contribution in [3.63, 3.8) is 0 Å². The molecule has 2 rings (SSSR count). The van der Waals surface area contributed by atoms with E-state index in [0.717, 1.165) is 12.1 Å². The van der Waals surface area contributed by atoms with Crippen LogP contribution < -0.4 is 5.32 Å². The molecule has 2 aromatic rings. The Hall–Kier alpha value is -2.31. The molecule has 3 nitrogen and oxygen atoms in total. The van der Waals surface area contributed by atoms with Crippen LogP contribution in [0.2, 0.25) is 0 Å². The monoisotopic (exact) mass is 252 g/mol. The van der Waals surface area contributed by atoms with Gasteiger partial charge in [0.05, 0.1) is 24.3 Å². The van der Waals surface area contributed by atoms with E-state index in [2.05, 4.69) is 11.4 Å². The highest BCUT2D eigenvalue weighted by Crippen LogP contribution is 2.12. The van der Waals surface area contributed by atoms with Crippen molar-refractivity contribution in [1.82, 2.24) is 0 Å². The molecule has 3 heteroatoms. The van der Waals surface area contributed by atoms with Gasteiger partial charge in [-0.05, 0) is 36.2 Å². The van der Waals surface area contributed by atoms with Gasteiger partial charge in [0, 0.05) is 5.69 Å². The van der Waals surface area contributed by atoms with Gasteiger partial charge in [-0.25, -0.2) is 0 Å². The average Bonchev–Trinajstić information content (AvgIpc) is 2.48. The number of aliphatic hydroxyl groups excluding tert-OH is 1. The highest BCUT2D eigenvalue weighted by Gasteiger charge is 2.08. The van der Waals surface area contributed by atoms with Gasteiger partial charge in [-0.3, -0.25) is 0 Å². The summed E-state index contributed by atoms with van der Waals surface area (Å²) in [5, 5.41) is 21.4. The predicted molar refractivity (Wildman–Crippen MR) is 75.8 cm³/mol. The van der Waals surface area contributed by atoms with Gasteiger partial charge < -0.3 is 10.4 Å². The lowest BCUT2D eigenvalue weighted by atomic mass is 10.1. The third kappa shape index (κ3) is 3.84. The van der Waals surface area contributed by atoms with Crippen molar-refractivity contribution in [1.29, 1.82) is 5.26 Å². The summed E-state index contributed by atoms with van der Waals surface area (Å²) in [5.41, 5.74) is 2.73. The summed E-state index contributed by atoms with van der Waals surface area (Å²) in [6, 6.07) is 19.3. The molecule has 0 unspecified atom stereocenters. The third-order valence-electron chi connectivity index (χ3n) is 2.93. The number of hydrogen-bond donors (Lipinski definition) is 2. The second kappa shape index (κ2) is 6.58. The van der Waals surface area contributed by atoms with Crippen LogP contribution in [0.25, 0.3) is 0 Å². The number of benzene rings is 2. The number of hydrogen-bond acceptors (Lipinski definition) is 3. The van der Waals surface area contributed by atoms with Crippen molar-refractivity contribution in [3.05, 3.63) is 65.7 Å². The van der Waals surface area contributed by atoms with E-state index in [0.29, 0.717) is 5.56 Å². The predicted octanol–water partition coefficient (Wildman–Crippen LogP) is 2.57. The number of rotatable bonds is 5. The van der Waals surface area contributed by atoms with E-state index in [-0.39, 0.29) is 12.6 Å². The van der Waals surface area contributed by atoms with Crippen molar-refractivity contribution in [2.45, 2.75) is 12.5 Å². The normalized spacial score (nSPS) is 11.6. The number of anilines is 1. The SMILES string of the molecule is N#Cc1ccc(N[C@H](CO)Cc2ccccc2)cc1. The summed E-state index contributed by atoms with van der Waals surface area (Å²) >= 11 is 0. The van der Waals surface area contributed by atoms with Gasteiger partial charge in [0.25, 0.3) is 0 Å². The fourth-order valence-electron chi connectivity index (χ4n) is 1.94. The van der Waals surface area contributed by atoms with E-state index in [1.165, 1.54) is 5.56 Å². The first-order valence-corrected chi connectivity index (χ1v) is 6.23. The molecule has 2 aromatic carbocycles. The first-order chi connectivity index (χ1) is 9.31. The summed E-state index contributed by atoms with van der Waals surface area (Å²) < 4.78 is 0. The Morgan fingerprint density at radius 2 is 1.74 bits per heavy atom. The van der Waals surface area contributed by atoms with Crippen LogP contribution in [0.3, 0.4) is 0 Å². The number of aliphatic hydroxyl groups is 1. The zero-order valence-electron chi connectivity index (χ0n) is 10.6. The Balaban J connectivity index is 2.00. The maximum absolute atomic E-state index is 9.43. The Morgan fingerprint density at radius 1 is 1.05 bits per heavy atom. The second-order valence-corrected chi connectivity index (χ2v) is 4.40. The fraction of sp³-hybridized carbons (Fsp3) is 0.188. The molecule has 0 fully saturated rings. The first-order valence-electron chi connectivity index (χ1n) is 6.23. The molecule has 0 amide bonds. The van der Waals surface area contributed by atoms with Crippen molar-refractivity contribution >= 4 is 5.69 Å². The molecule has 96 valence electrons. The lowest BCUT2D eigenvalue weighted by Crippen LogP contribution is -2.26. The fourth-order valence-corrected chi connectivity index (χ4v) is 1.94. The highest BCUT2D eigenvalue weighted by atomic mass is 16.3. The molecule has 0 radical (unpaired) electrons. The minimum atomic E-state index is -0.0321. The van der Waals surface area contributed by atoms with Crippen LogP contribution >= 0.6 is 0 Å². The minimum absolute atomic E-state index is 0.0321. The van der Waals surface area contributed by atoms with Crippen LogP contribution in [-0.4, -0.2) is 17.8 Å². The molecule has 0 spiro atoms. The van der Waals surface area contributed by atoms with Crippen LogP contribution in [0, 0.1) is 11.3 Å². The quantitative estimate of drug-likeness (QED) is 0.860. The highest BCUT2D eigenvalue weighted by molar-refractivity contribution is 5.48. The van der Waals surface area contributed by atoms with E-state index < -0.39 is 0 Å². The van der Waals surface area contributed by atoms with Crippen LogP contribution in [0.4, 0.5) is 5.69 Å². The van der Waals surface area contributed by atoms with Crippen LogP contribution in [0.15, 0.2) is 54.6 Å². The van der Waals surface area contributed by atoms with Gasteiger partial charge in [-0.2, -0.15) is 5.26 Å². The number of nitrogens with zero attached hydrogens (tertiary/aromatic N) is 1. The lowest BCUT2D eigenvalue weighted by Gasteiger charge is -2.17. The molecular formula is C16H16N2O. The summed E-state index contributed by atoms with van der Waals surface area (Å²) in [6.07, 6.45) is 0.761. The Kier molecular flexibility index (Phi) is 4.54. The minimum Gasteiger partial charge on any atom is -0.394 e. The van der Waals surface area contributed by atoms with E-state index in [1.807, 2.05) is 42.5 Å². The van der Waals surface area contributed by atoms with Crippen molar-refractivity contribution < 1.29 is 5.11 Å². The largest absolute Gasteiger partial charge is 0.394 e. The topological polar surface area (TPSA) is 56.0 Å².